The van der Waals surface area contributed by atoms with Gasteiger partial charge >= 0.3 is 0 Å². The lowest BCUT2D eigenvalue weighted by Gasteiger charge is -2.32. The first kappa shape index (κ1) is 48.7. The van der Waals surface area contributed by atoms with Crippen molar-refractivity contribution in [1.29, 1.82) is 0 Å². The topological polar surface area (TPSA) is 22.9 Å². The lowest BCUT2D eigenvalue weighted by molar-refractivity contribution is 0.590. The van der Waals surface area contributed by atoms with E-state index in [-0.39, 0.29) is 16.2 Å². The highest BCUT2D eigenvalue weighted by atomic mass is 35.5. The van der Waals surface area contributed by atoms with Crippen molar-refractivity contribution in [3.8, 4) is 11.1 Å². The van der Waals surface area contributed by atoms with Crippen molar-refractivity contribution in [3.05, 3.63) is 233 Å². The number of fused-ring (bicyclic) bond motifs is 4. The van der Waals surface area contributed by atoms with Crippen LogP contribution >= 0.6 is 22.9 Å². The van der Waals surface area contributed by atoms with Crippen LogP contribution in [0, 0.1) is 0 Å². The lowest BCUT2D eigenvalue weighted by Crippen LogP contribution is -2.16. The Hall–Kier alpha value is -7.57. The second-order valence-electron chi connectivity index (χ2n) is 22.4. The smallest absolute Gasteiger partial charge is 0.159 e. The average molecular weight is 1000 g/mol. The molecule has 0 radical (unpaired) electrons. The van der Waals surface area contributed by atoms with Crippen molar-refractivity contribution >= 4 is 106 Å². The fraction of sp³-hybridized carbons (Fsp3) is 0.176. The molecular weight excluding hydrogens is 942 g/mol. The number of anilines is 9. The van der Waals surface area contributed by atoms with Crippen LogP contribution in [0.15, 0.2) is 216 Å². The van der Waals surface area contributed by atoms with Crippen LogP contribution in [0.4, 0.5) is 51.2 Å². The molecule has 2 heterocycles. The molecule has 368 valence electrons. The fourth-order valence-corrected chi connectivity index (χ4v) is 11.4. The SMILES string of the molecule is CC(C)(C)c1ccc(N(c2cccc(N(c3cccc(N(c4ccc(C(C)(C)C)cc4)c4csc5ccc(C(C)(C)C)cc45)c3Cl)c3cccc4c3oc3ccccc34)c2)c2ccccc2-c2ccccc2)cc1. The first-order chi connectivity index (χ1) is 35.5. The fourth-order valence-electron chi connectivity index (χ4n) is 10.2. The van der Waals surface area contributed by atoms with Gasteiger partial charge in [0.05, 0.1) is 33.5 Å². The highest BCUT2D eigenvalue weighted by molar-refractivity contribution is 7.17. The standard InChI is InChI=1S/C68H62ClN3OS/c1-66(2,3)46-32-37-49(38-33-46)70(57-27-15-13-24-53(57)45-20-11-10-12-21-45)51-22-17-23-52(43-51)72(60-30-18-26-55-54-25-14-16-31-62(54)73-65(55)60)59-29-19-28-58(64(59)69)71(50-39-34-47(35-40-50)67(4,5)6)61-44-74-63-41-36-48(42-56(61)63)68(7,8)9/h10-44H,1-9H3. The van der Waals surface area contributed by atoms with E-state index in [0.29, 0.717) is 5.02 Å². The molecule has 0 amide bonds. The Labute approximate surface area is 445 Å². The molecule has 0 saturated heterocycles. The summed E-state index contributed by atoms with van der Waals surface area (Å²) in [5.74, 6) is 0. The van der Waals surface area contributed by atoms with E-state index in [9.17, 15) is 0 Å². The van der Waals surface area contributed by atoms with Gasteiger partial charge in [-0.1, -0.05) is 195 Å². The molecule has 0 fully saturated rings. The number of furan rings is 1. The second-order valence-corrected chi connectivity index (χ2v) is 23.7. The second kappa shape index (κ2) is 19.0. The predicted molar refractivity (Wildman–Crippen MR) is 320 cm³/mol. The monoisotopic (exact) mass is 1000 g/mol. The van der Waals surface area contributed by atoms with E-state index in [4.69, 9.17) is 16.0 Å². The number of nitrogens with zero attached hydrogens (tertiary/aromatic N) is 3. The van der Waals surface area contributed by atoms with Gasteiger partial charge in [0.25, 0.3) is 0 Å². The van der Waals surface area contributed by atoms with E-state index >= 15 is 0 Å². The number of rotatable bonds is 10. The Bertz CT molecular complexity index is 3810. The zero-order valence-electron chi connectivity index (χ0n) is 43.7. The number of para-hydroxylation sites is 3. The van der Waals surface area contributed by atoms with Gasteiger partial charge in [-0.25, -0.2) is 0 Å². The molecule has 0 aliphatic rings. The first-order valence-electron chi connectivity index (χ1n) is 25.6. The minimum Gasteiger partial charge on any atom is -0.454 e. The number of benzene rings is 9. The van der Waals surface area contributed by atoms with Gasteiger partial charge in [-0.15, -0.1) is 11.3 Å². The van der Waals surface area contributed by atoms with Crippen LogP contribution in [0.3, 0.4) is 0 Å². The highest BCUT2D eigenvalue weighted by Gasteiger charge is 2.28. The van der Waals surface area contributed by atoms with Crippen molar-refractivity contribution in [2.75, 3.05) is 14.7 Å². The normalized spacial score (nSPS) is 12.2. The summed E-state index contributed by atoms with van der Waals surface area (Å²) in [5.41, 5.74) is 16.3. The third-order valence-electron chi connectivity index (χ3n) is 14.3. The van der Waals surface area contributed by atoms with E-state index in [2.05, 4.69) is 277 Å². The molecule has 9 aromatic carbocycles. The summed E-state index contributed by atoms with van der Waals surface area (Å²) in [6.07, 6.45) is 0. The van der Waals surface area contributed by atoms with Gasteiger partial charge in [0.2, 0.25) is 0 Å². The van der Waals surface area contributed by atoms with Crippen LogP contribution in [0.5, 0.6) is 0 Å². The van der Waals surface area contributed by atoms with Crippen LogP contribution < -0.4 is 14.7 Å². The number of hydrogen-bond acceptors (Lipinski definition) is 5. The van der Waals surface area contributed by atoms with Crippen molar-refractivity contribution in [2.45, 2.75) is 78.6 Å². The van der Waals surface area contributed by atoms with Gasteiger partial charge < -0.3 is 19.1 Å². The molecule has 0 unspecified atom stereocenters. The minimum atomic E-state index is -0.0358. The number of thiophene rings is 1. The zero-order valence-corrected chi connectivity index (χ0v) is 45.3. The molecule has 0 N–H and O–H groups in total. The van der Waals surface area contributed by atoms with E-state index in [1.165, 1.54) is 26.8 Å². The van der Waals surface area contributed by atoms with Gasteiger partial charge in [-0.2, -0.15) is 0 Å². The molecule has 74 heavy (non-hydrogen) atoms. The molecule has 2 aromatic heterocycles. The van der Waals surface area contributed by atoms with Crippen molar-refractivity contribution < 1.29 is 4.42 Å². The maximum atomic E-state index is 8.17. The molecule has 4 nitrogen and oxygen atoms in total. The summed E-state index contributed by atoms with van der Waals surface area (Å²) in [4.78, 5) is 7.02. The molecule has 0 atom stereocenters. The number of halogens is 1. The van der Waals surface area contributed by atoms with Crippen LogP contribution in [0.1, 0.15) is 79.0 Å². The number of hydrogen-bond donors (Lipinski definition) is 0. The molecule has 0 aliphatic heterocycles. The Balaban J connectivity index is 1.15. The third kappa shape index (κ3) is 9.14. The molecular formula is C68H62ClN3OS. The largest absolute Gasteiger partial charge is 0.454 e. The summed E-state index contributed by atoms with van der Waals surface area (Å²) in [6, 6.07) is 74.3. The summed E-state index contributed by atoms with van der Waals surface area (Å²) < 4.78 is 8.11. The van der Waals surface area contributed by atoms with E-state index in [1.807, 2.05) is 12.1 Å². The Morgan fingerprint density at radius 3 is 1.54 bits per heavy atom. The maximum absolute atomic E-state index is 8.17. The summed E-state index contributed by atoms with van der Waals surface area (Å²) in [5, 5.41) is 6.16. The molecule has 0 saturated carbocycles. The average Bonchev–Trinajstić information content (AvgIpc) is 4.00. The van der Waals surface area contributed by atoms with Crippen molar-refractivity contribution in [1.82, 2.24) is 0 Å². The quantitative estimate of drug-likeness (QED) is 0.136. The summed E-state index contributed by atoms with van der Waals surface area (Å²) in [7, 11) is 0. The minimum absolute atomic E-state index is 0.00541. The predicted octanol–water partition coefficient (Wildman–Crippen LogP) is 21.4. The summed E-state index contributed by atoms with van der Waals surface area (Å²) >= 11 is 9.93. The van der Waals surface area contributed by atoms with Gasteiger partial charge in [-0.05, 0) is 123 Å². The van der Waals surface area contributed by atoms with Gasteiger partial charge in [0, 0.05) is 54.6 Å². The van der Waals surface area contributed by atoms with E-state index in [1.54, 1.807) is 11.3 Å². The van der Waals surface area contributed by atoms with Gasteiger partial charge in [-0.3, -0.25) is 0 Å². The Morgan fingerprint density at radius 1 is 0.378 bits per heavy atom. The summed E-state index contributed by atoms with van der Waals surface area (Å²) in [6.45, 7) is 20.4. The Kier molecular flexibility index (Phi) is 12.5. The molecule has 0 aliphatic carbocycles. The van der Waals surface area contributed by atoms with Crippen LogP contribution in [-0.2, 0) is 16.2 Å². The maximum Gasteiger partial charge on any atom is 0.159 e. The molecule has 6 heteroatoms. The molecule has 0 spiro atoms. The van der Waals surface area contributed by atoms with Gasteiger partial charge in [0.15, 0.2) is 5.58 Å². The van der Waals surface area contributed by atoms with Crippen LogP contribution in [-0.4, -0.2) is 0 Å². The lowest BCUT2D eigenvalue weighted by atomic mass is 9.86. The molecule has 11 aromatic rings. The van der Waals surface area contributed by atoms with Gasteiger partial charge in [0.1, 0.15) is 5.58 Å². The van der Waals surface area contributed by atoms with Crippen LogP contribution in [0.25, 0.3) is 43.2 Å². The third-order valence-corrected chi connectivity index (χ3v) is 15.6. The van der Waals surface area contributed by atoms with E-state index < -0.39 is 0 Å². The van der Waals surface area contributed by atoms with Crippen LogP contribution in [0.2, 0.25) is 5.02 Å². The molecule has 11 rings (SSSR count). The van der Waals surface area contributed by atoms with E-state index in [0.717, 1.165) is 84.3 Å². The zero-order chi connectivity index (χ0) is 51.5. The van der Waals surface area contributed by atoms with Crippen molar-refractivity contribution in [3.63, 3.8) is 0 Å². The first-order valence-corrected chi connectivity index (χ1v) is 26.9. The molecule has 0 bridgehead atoms. The highest BCUT2D eigenvalue weighted by Crippen LogP contribution is 2.52. The van der Waals surface area contributed by atoms with Crippen molar-refractivity contribution in [2.24, 2.45) is 0 Å². The Morgan fingerprint density at radius 2 is 0.878 bits per heavy atom.